The molecule has 0 radical (unpaired) electrons. The summed E-state index contributed by atoms with van der Waals surface area (Å²) in [7, 11) is 0. The van der Waals surface area contributed by atoms with Crippen LogP contribution in [0, 0.1) is 0 Å². The molecule has 1 atom stereocenters. The van der Waals surface area contributed by atoms with Crippen molar-refractivity contribution in [2.24, 2.45) is 0 Å². The fourth-order valence-electron chi connectivity index (χ4n) is 2.98. The van der Waals surface area contributed by atoms with Gasteiger partial charge in [-0.25, -0.2) is 4.98 Å². The molecule has 3 aromatic rings. The molecule has 0 fully saturated rings. The molecule has 1 unspecified atom stereocenters. The smallest absolute Gasteiger partial charge is 0.137 e. The molecule has 0 aliphatic heterocycles. The molecule has 0 aliphatic rings. The number of nitrogens with zero attached hydrogens (tertiary/aromatic N) is 2. The van der Waals surface area contributed by atoms with E-state index in [2.05, 4.69) is 53.5 Å². The van der Waals surface area contributed by atoms with Gasteiger partial charge in [0.25, 0.3) is 0 Å². The van der Waals surface area contributed by atoms with E-state index in [-0.39, 0.29) is 0 Å². The Bertz CT molecular complexity index is 745. The number of rotatable bonds is 7. The third-order valence-corrected chi connectivity index (χ3v) is 4.30. The zero-order valence-electron chi connectivity index (χ0n) is 14.1. The summed E-state index contributed by atoms with van der Waals surface area (Å²) >= 11 is 0. The van der Waals surface area contributed by atoms with Crippen LogP contribution in [-0.4, -0.2) is 14.7 Å². The number of unbranched alkanes of at least 4 members (excludes halogenated alkanes) is 1. The fraction of sp³-hybridized carbons (Fsp3) is 0.286. The van der Waals surface area contributed by atoms with Gasteiger partial charge in [0.1, 0.15) is 11.9 Å². The molecule has 24 heavy (non-hydrogen) atoms. The van der Waals surface area contributed by atoms with Gasteiger partial charge in [0.05, 0.1) is 0 Å². The highest BCUT2D eigenvalue weighted by Crippen LogP contribution is 2.20. The Morgan fingerprint density at radius 2 is 1.67 bits per heavy atom. The first-order valence-electron chi connectivity index (χ1n) is 8.57. The first kappa shape index (κ1) is 16.5. The molecule has 0 saturated heterocycles. The van der Waals surface area contributed by atoms with Gasteiger partial charge in [-0.05, 0) is 42.9 Å². The summed E-state index contributed by atoms with van der Waals surface area (Å²) in [4.78, 5) is 4.20. The van der Waals surface area contributed by atoms with Gasteiger partial charge in [0.2, 0.25) is 0 Å². The maximum Gasteiger partial charge on any atom is 0.137 e. The highest BCUT2D eigenvalue weighted by atomic mass is 16.3. The molecule has 3 heteroatoms. The lowest BCUT2D eigenvalue weighted by molar-refractivity contribution is 0.183. The number of hydrogen-bond acceptors (Lipinski definition) is 2. The van der Waals surface area contributed by atoms with Crippen molar-refractivity contribution in [1.82, 2.24) is 9.55 Å². The molecule has 1 N–H and O–H groups in total. The van der Waals surface area contributed by atoms with Crippen molar-refractivity contribution in [3.05, 3.63) is 78.4 Å². The normalized spacial score (nSPS) is 12.2. The van der Waals surface area contributed by atoms with Gasteiger partial charge in [-0.1, -0.05) is 54.6 Å². The van der Waals surface area contributed by atoms with Gasteiger partial charge in [-0.3, -0.25) is 0 Å². The van der Waals surface area contributed by atoms with E-state index in [1.807, 2.05) is 16.8 Å². The van der Waals surface area contributed by atoms with Crippen LogP contribution in [0.25, 0.3) is 11.1 Å². The van der Waals surface area contributed by atoms with Crippen LogP contribution < -0.4 is 0 Å². The Morgan fingerprint density at radius 1 is 0.958 bits per heavy atom. The number of aliphatic hydroxyl groups is 1. The van der Waals surface area contributed by atoms with Crippen molar-refractivity contribution in [3.8, 4) is 11.1 Å². The predicted molar refractivity (Wildman–Crippen MR) is 97.7 cm³/mol. The molecule has 124 valence electrons. The molecule has 2 aromatic carbocycles. The predicted octanol–water partition coefficient (Wildman–Crippen LogP) is 4.63. The van der Waals surface area contributed by atoms with Crippen molar-refractivity contribution in [2.45, 2.75) is 38.8 Å². The van der Waals surface area contributed by atoms with Crippen LogP contribution >= 0.6 is 0 Å². The Hall–Kier alpha value is -2.39. The summed E-state index contributed by atoms with van der Waals surface area (Å²) in [5, 5.41) is 9.66. The van der Waals surface area contributed by atoms with Gasteiger partial charge in [-0.15, -0.1) is 0 Å². The van der Waals surface area contributed by atoms with Gasteiger partial charge in [-0.2, -0.15) is 0 Å². The second-order valence-electron chi connectivity index (χ2n) is 6.17. The van der Waals surface area contributed by atoms with Crippen LogP contribution in [0.5, 0.6) is 0 Å². The summed E-state index contributed by atoms with van der Waals surface area (Å²) in [5.41, 5.74) is 3.89. The molecule has 0 aliphatic carbocycles. The van der Waals surface area contributed by atoms with Gasteiger partial charge in [0, 0.05) is 18.9 Å². The Kier molecular flexibility index (Phi) is 5.44. The van der Waals surface area contributed by atoms with Gasteiger partial charge < -0.3 is 9.67 Å². The Morgan fingerprint density at radius 3 is 2.38 bits per heavy atom. The topological polar surface area (TPSA) is 38.1 Å². The summed E-state index contributed by atoms with van der Waals surface area (Å²) in [5.74, 6) is 0.752. The fourth-order valence-corrected chi connectivity index (χ4v) is 2.98. The number of hydrogen-bond donors (Lipinski definition) is 1. The monoisotopic (exact) mass is 320 g/mol. The molecule has 3 nitrogen and oxygen atoms in total. The van der Waals surface area contributed by atoms with Gasteiger partial charge in [0.15, 0.2) is 0 Å². The summed E-state index contributed by atoms with van der Waals surface area (Å²) in [6, 6.07) is 19.3. The van der Waals surface area contributed by atoms with Crippen LogP contribution in [0.2, 0.25) is 0 Å². The van der Waals surface area contributed by atoms with E-state index in [0.29, 0.717) is 0 Å². The van der Waals surface area contributed by atoms with Crippen LogP contribution in [0.15, 0.2) is 67.0 Å². The molecule has 0 amide bonds. The minimum absolute atomic E-state index is 0.509. The van der Waals surface area contributed by atoms with E-state index >= 15 is 0 Å². The van der Waals surface area contributed by atoms with Crippen molar-refractivity contribution in [1.29, 1.82) is 0 Å². The third-order valence-electron chi connectivity index (χ3n) is 4.30. The first-order chi connectivity index (χ1) is 11.7. The minimum Gasteiger partial charge on any atom is -0.385 e. The lowest BCUT2D eigenvalue weighted by Crippen LogP contribution is -2.06. The molecular formula is C21H24N2O. The van der Waals surface area contributed by atoms with Crippen LogP contribution in [0.1, 0.15) is 37.3 Å². The molecular weight excluding hydrogens is 296 g/mol. The van der Waals surface area contributed by atoms with Crippen molar-refractivity contribution in [3.63, 3.8) is 0 Å². The average molecular weight is 320 g/mol. The molecule has 1 aromatic heterocycles. The van der Waals surface area contributed by atoms with E-state index in [4.69, 9.17) is 0 Å². The van der Waals surface area contributed by atoms with Crippen molar-refractivity contribution < 1.29 is 5.11 Å². The summed E-state index contributed by atoms with van der Waals surface area (Å²) < 4.78 is 2.04. The maximum atomic E-state index is 9.66. The minimum atomic E-state index is -0.509. The third kappa shape index (κ3) is 4.12. The lowest BCUT2D eigenvalue weighted by Gasteiger charge is -2.09. The maximum absolute atomic E-state index is 9.66. The van der Waals surface area contributed by atoms with Crippen LogP contribution in [-0.2, 0) is 13.0 Å². The zero-order valence-corrected chi connectivity index (χ0v) is 14.1. The highest BCUT2D eigenvalue weighted by molar-refractivity contribution is 5.63. The molecule has 0 spiro atoms. The average Bonchev–Trinajstić information content (AvgIpc) is 3.09. The molecule has 1 heterocycles. The van der Waals surface area contributed by atoms with Crippen molar-refractivity contribution >= 4 is 0 Å². The van der Waals surface area contributed by atoms with Gasteiger partial charge >= 0.3 is 0 Å². The number of aryl methyl sites for hydroxylation is 2. The van der Waals surface area contributed by atoms with E-state index in [1.165, 1.54) is 16.7 Å². The highest BCUT2D eigenvalue weighted by Gasteiger charge is 2.07. The molecule has 0 bridgehead atoms. The molecule has 0 saturated carbocycles. The zero-order chi connectivity index (χ0) is 16.8. The number of aromatic nitrogens is 2. The van der Waals surface area contributed by atoms with E-state index in [0.717, 1.165) is 31.6 Å². The number of imidazole rings is 1. The van der Waals surface area contributed by atoms with Crippen LogP contribution in [0.4, 0.5) is 0 Å². The molecule has 3 rings (SSSR count). The number of aliphatic hydroxyl groups excluding tert-OH is 1. The number of benzene rings is 2. The first-order valence-corrected chi connectivity index (χ1v) is 8.57. The Balaban J connectivity index is 1.49. The quantitative estimate of drug-likeness (QED) is 0.645. The van der Waals surface area contributed by atoms with E-state index in [1.54, 1.807) is 13.1 Å². The lowest BCUT2D eigenvalue weighted by atomic mass is 10.0. The summed E-state index contributed by atoms with van der Waals surface area (Å²) in [6.07, 6.45) is 6.47. The second kappa shape index (κ2) is 7.93. The Labute approximate surface area is 143 Å². The van der Waals surface area contributed by atoms with E-state index in [9.17, 15) is 5.11 Å². The largest absolute Gasteiger partial charge is 0.385 e. The standard InChI is InChI=1S/C21H24N2O/c1-17(24)21-22-14-16-23(21)15-6-5-7-18-10-12-20(13-11-18)19-8-3-2-4-9-19/h2-4,8-14,16-17,24H,5-7,15H2,1H3. The van der Waals surface area contributed by atoms with Crippen molar-refractivity contribution in [2.75, 3.05) is 0 Å². The summed E-state index contributed by atoms with van der Waals surface area (Å²) in [6.45, 7) is 2.66. The van der Waals surface area contributed by atoms with E-state index < -0.39 is 6.10 Å². The van der Waals surface area contributed by atoms with Crippen LogP contribution in [0.3, 0.4) is 0 Å². The SMILES string of the molecule is CC(O)c1nccn1CCCCc1ccc(-c2ccccc2)cc1. The second-order valence-corrected chi connectivity index (χ2v) is 6.17.